The van der Waals surface area contributed by atoms with Crippen LogP contribution in [0.4, 0.5) is 0 Å². The molecule has 0 spiro atoms. The number of piperidine rings is 1. The maximum Gasteiger partial charge on any atom is 0.169 e. The van der Waals surface area contributed by atoms with Gasteiger partial charge in [-0.05, 0) is 37.9 Å². The van der Waals surface area contributed by atoms with Gasteiger partial charge in [0.15, 0.2) is 5.11 Å². The van der Waals surface area contributed by atoms with Crippen molar-refractivity contribution < 1.29 is 4.74 Å². The number of methoxy groups -OCH3 is 1. The van der Waals surface area contributed by atoms with Gasteiger partial charge in [0, 0.05) is 26.2 Å². The molecule has 0 radical (unpaired) electrons. The van der Waals surface area contributed by atoms with Crippen LogP contribution in [0.15, 0.2) is 0 Å². The first-order chi connectivity index (χ1) is 7.79. The first-order valence-corrected chi connectivity index (χ1v) is 6.78. The lowest BCUT2D eigenvalue weighted by Crippen LogP contribution is -2.49. The fourth-order valence-electron chi connectivity index (χ4n) is 2.65. The van der Waals surface area contributed by atoms with Crippen molar-refractivity contribution in [1.29, 1.82) is 0 Å². The van der Waals surface area contributed by atoms with Crippen LogP contribution >= 0.6 is 12.2 Å². The van der Waals surface area contributed by atoms with Crippen molar-refractivity contribution in [3.05, 3.63) is 0 Å². The molecular formula is C12H22N2OS. The Morgan fingerprint density at radius 2 is 2.00 bits per heavy atom. The molecule has 1 N–H and O–H groups in total. The molecule has 1 heterocycles. The van der Waals surface area contributed by atoms with E-state index in [0.717, 1.165) is 18.2 Å². The first-order valence-electron chi connectivity index (χ1n) is 6.38. The Labute approximate surface area is 104 Å². The van der Waals surface area contributed by atoms with Crippen molar-refractivity contribution in [3.8, 4) is 0 Å². The molecule has 0 bridgehead atoms. The second-order valence-electron chi connectivity index (χ2n) is 4.88. The summed E-state index contributed by atoms with van der Waals surface area (Å²) in [5.74, 6) is 0. The predicted molar refractivity (Wildman–Crippen MR) is 69.6 cm³/mol. The number of nitrogens with one attached hydrogen (secondary N) is 1. The highest BCUT2D eigenvalue weighted by Gasteiger charge is 2.23. The van der Waals surface area contributed by atoms with Crippen molar-refractivity contribution >= 4 is 17.3 Å². The number of nitrogens with zero attached hydrogens (tertiary/aromatic N) is 1. The molecule has 1 saturated carbocycles. The fourth-order valence-corrected chi connectivity index (χ4v) is 2.98. The Bertz CT molecular complexity index is 241. The van der Waals surface area contributed by atoms with Gasteiger partial charge >= 0.3 is 0 Å². The van der Waals surface area contributed by atoms with Gasteiger partial charge in [0.1, 0.15) is 0 Å². The highest BCUT2D eigenvalue weighted by molar-refractivity contribution is 7.80. The largest absolute Gasteiger partial charge is 0.380 e. The van der Waals surface area contributed by atoms with E-state index in [4.69, 9.17) is 17.0 Å². The summed E-state index contributed by atoms with van der Waals surface area (Å²) in [6.45, 7) is 2.04. The van der Waals surface area contributed by atoms with Crippen LogP contribution in [0.3, 0.4) is 0 Å². The van der Waals surface area contributed by atoms with Crippen molar-refractivity contribution in [3.63, 3.8) is 0 Å². The Hall–Kier alpha value is -0.350. The summed E-state index contributed by atoms with van der Waals surface area (Å²) in [6, 6.07) is 0.621. The first kappa shape index (κ1) is 12.1. The summed E-state index contributed by atoms with van der Waals surface area (Å²) in [5, 5.41) is 4.43. The molecule has 4 heteroatoms. The third kappa shape index (κ3) is 3.08. The highest BCUT2D eigenvalue weighted by atomic mass is 32.1. The zero-order valence-corrected chi connectivity index (χ0v) is 10.9. The summed E-state index contributed by atoms with van der Waals surface area (Å²) in [7, 11) is 1.79. The van der Waals surface area contributed by atoms with Crippen molar-refractivity contribution in [2.45, 2.75) is 50.7 Å². The molecular weight excluding hydrogens is 220 g/mol. The van der Waals surface area contributed by atoms with E-state index in [1.54, 1.807) is 7.11 Å². The Kier molecular flexibility index (Phi) is 4.41. The van der Waals surface area contributed by atoms with Crippen LogP contribution in [0.5, 0.6) is 0 Å². The summed E-state index contributed by atoms with van der Waals surface area (Å²) in [6.07, 6.45) is 7.96. The standard InChI is InChI=1S/C12H22N2OS/c1-15-11-7-4-8-14(9-11)12(16)13-10-5-2-3-6-10/h10-11H,2-9H2,1H3,(H,13,16). The van der Waals surface area contributed by atoms with E-state index in [2.05, 4.69) is 10.2 Å². The van der Waals surface area contributed by atoms with Crippen LogP contribution in [0.25, 0.3) is 0 Å². The lowest BCUT2D eigenvalue weighted by atomic mass is 10.1. The molecule has 1 unspecified atom stereocenters. The molecule has 16 heavy (non-hydrogen) atoms. The number of thiocarbonyl (C=S) groups is 1. The minimum absolute atomic E-state index is 0.358. The van der Waals surface area contributed by atoms with Gasteiger partial charge in [0.25, 0.3) is 0 Å². The third-order valence-electron chi connectivity index (χ3n) is 3.68. The Morgan fingerprint density at radius 1 is 1.25 bits per heavy atom. The van der Waals surface area contributed by atoms with Crippen molar-refractivity contribution in [1.82, 2.24) is 10.2 Å². The van der Waals surface area contributed by atoms with Gasteiger partial charge < -0.3 is 15.0 Å². The second-order valence-corrected chi connectivity index (χ2v) is 5.26. The molecule has 0 aromatic rings. The molecule has 92 valence electrons. The molecule has 2 aliphatic rings. The van der Waals surface area contributed by atoms with Crippen LogP contribution in [-0.4, -0.2) is 42.4 Å². The van der Waals surface area contributed by atoms with E-state index < -0.39 is 0 Å². The average molecular weight is 242 g/mol. The number of rotatable bonds is 2. The lowest BCUT2D eigenvalue weighted by molar-refractivity contribution is 0.0532. The summed E-state index contributed by atoms with van der Waals surface area (Å²) in [4.78, 5) is 2.27. The molecule has 1 aliphatic carbocycles. The quantitative estimate of drug-likeness (QED) is 0.748. The van der Waals surface area contributed by atoms with E-state index in [9.17, 15) is 0 Å². The topological polar surface area (TPSA) is 24.5 Å². The summed E-state index contributed by atoms with van der Waals surface area (Å²) < 4.78 is 5.41. The van der Waals surface area contributed by atoms with Gasteiger partial charge in [-0.2, -0.15) is 0 Å². The predicted octanol–water partition coefficient (Wildman–Crippen LogP) is 1.91. The van der Waals surface area contributed by atoms with Crippen LogP contribution in [-0.2, 0) is 4.74 Å². The smallest absolute Gasteiger partial charge is 0.169 e. The normalized spacial score (nSPS) is 27.1. The molecule has 3 nitrogen and oxygen atoms in total. The fraction of sp³-hybridized carbons (Fsp3) is 0.917. The van der Waals surface area contributed by atoms with Gasteiger partial charge in [0.05, 0.1) is 6.10 Å². The Morgan fingerprint density at radius 3 is 2.69 bits per heavy atom. The van der Waals surface area contributed by atoms with Crippen LogP contribution < -0.4 is 5.32 Å². The third-order valence-corrected chi connectivity index (χ3v) is 4.06. The van der Waals surface area contributed by atoms with Crippen LogP contribution in [0.1, 0.15) is 38.5 Å². The number of ether oxygens (including phenoxy) is 1. The summed E-state index contributed by atoms with van der Waals surface area (Å²) >= 11 is 5.47. The van der Waals surface area contributed by atoms with Crippen LogP contribution in [0.2, 0.25) is 0 Å². The summed E-state index contributed by atoms with van der Waals surface area (Å²) in [5.41, 5.74) is 0. The maximum atomic E-state index is 5.47. The minimum atomic E-state index is 0.358. The average Bonchev–Trinajstić information content (AvgIpc) is 2.82. The van der Waals surface area contributed by atoms with Crippen molar-refractivity contribution in [2.75, 3.05) is 20.2 Å². The number of likely N-dealkylation sites (tertiary alicyclic amines) is 1. The number of hydrogen-bond donors (Lipinski definition) is 1. The zero-order valence-electron chi connectivity index (χ0n) is 10.1. The molecule has 2 rings (SSSR count). The van der Waals surface area contributed by atoms with Gasteiger partial charge in [-0.3, -0.25) is 0 Å². The molecule has 1 aliphatic heterocycles. The molecule has 2 fully saturated rings. The van der Waals surface area contributed by atoms with Gasteiger partial charge in [-0.25, -0.2) is 0 Å². The van der Waals surface area contributed by atoms with Gasteiger partial charge in [-0.1, -0.05) is 12.8 Å². The van der Waals surface area contributed by atoms with Gasteiger partial charge in [0.2, 0.25) is 0 Å². The Balaban J connectivity index is 1.79. The molecule has 1 atom stereocenters. The van der Waals surface area contributed by atoms with Crippen LogP contribution in [0, 0.1) is 0 Å². The zero-order chi connectivity index (χ0) is 11.4. The van der Waals surface area contributed by atoms with E-state index in [1.807, 2.05) is 0 Å². The van der Waals surface area contributed by atoms with E-state index >= 15 is 0 Å². The molecule has 0 aromatic carbocycles. The molecule has 0 aromatic heterocycles. The maximum absolute atomic E-state index is 5.47. The highest BCUT2D eigenvalue weighted by Crippen LogP contribution is 2.19. The minimum Gasteiger partial charge on any atom is -0.380 e. The second kappa shape index (κ2) is 5.82. The molecule has 0 amide bonds. The molecule has 1 saturated heterocycles. The van der Waals surface area contributed by atoms with Crippen molar-refractivity contribution in [2.24, 2.45) is 0 Å². The number of hydrogen-bond acceptors (Lipinski definition) is 2. The van der Waals surface area contributed by atoms with E-state index in [1.165, 1.54) is 38.5 Å². The van der Waals surface area contributed by atoms with E-state index in [0.29, 0.717) is 12.1 Å². The lowest BCUT2D eigenvalue weighted by Gasteiger charge is -2.34. The monoisotopic (exact) mass is 242 g/mol. The van der Waals surface area contributed by atoms with Gasteiger partial charge in [-0.15, -0.1) is 0 Å². The van der Waals surface area contributed by atoms with E-state index in [-0.39, 0.29) is 0 Å². The SMILES string of the molecule is COC1CCCN(C(=S)NC2CCCC2)C1.